The molecular formula is C18H21F2N3O3. The minimum absolute atomic E-state index is 0.0490. The molecule has 1 heterocycles. The van der Waals surface area contributed by atoms with Crippen molar-refractivity contribution in [2.75, 3.05) is 30.4 Å². The molecule has 1 aromatic heterocycles. The van der Waals surface area contributed by atoms with Crippen LogP contribution in [0, 0.1) is 0 Å². The fourth-order valence-electron chi connectivity index (χ4n) is 2.46. The lowest BCUT2D eigenvalue weighted by Gasteiger charge is -2.19. The van der Waals surface area contributed by atoms with Crippen molar-refractivity contribution in [3.8, 4) is 11.5 Å². The molecule has 1 aromatic carbocycles. The summed E-state index contributed by atoms with van der Waals surface area (Å²) in [6.07, 6.45) is 1.51. The number of pyridine rings is 1. The molecule has 0 bridgehead atoms. The summed E-state index contributed by atoms with van der Waals surface area (Å²) in [5.74, 6) is -0.0729. The van der Waals surface area contributed by atoms with E-state index in [4.69, 9.17) is 4.74 Å². The molecular weight excluding hydrogens is 344 g/mol. The minimum atomic E-state index is -3.08. The monoisotopic (exact) mass is 365 g/mol. The van der Waals surface area contributed by atoms with E-state index in [1.807, 2.05) is 13.8 Å². The van der Waals surface area contributed by atoms with Gasteiger partial charge in [-0.25, -0.2) is 4.98 Å². The number of alkyl halides is 2. The van der Waals surface area contributed by atoms with Crippen LogP contribution >= 0.6 is 0 Å². The number of nitrogens with one attached hydrogen (secondary N) is 1. The number of methoxy groups -OCH3 is 1. The van der Waals surface area contributed by atoms with Gasteiger partial charge in [-0.1, -0.05) is 6.07 Å². The average molecular weight is 365 g/mol. The third-order valence-electron chi connectivity index (χ3n) is 3.74. The fraction of sp³-hybridized carbons (Fsp3) is 0.333. The molecule has 0 aliphatic carbocycles. The van der Waals surface area contributed by atoms with Crippen LogP contribution in [-0.4, -0.2) is 37.7 Å². The smallest absolute Gasteiger partial charge is 0.387 e. The van der Waals surface area contributed by atoms with Gasteiger partial charge < -0.3 is 19.7 Å². The Morgan fingerprint density at radius 1 is 1.23 bits per heavy atom. The summed E-state index contributed by atoms with van der Waals surface area (Å²) < 4.78 is 34.8. The Balaban J connectivity index is 2.22. The number of amides is 1. The van der Waals surface area contributed by atoms with Crippen LogP contribution < -0.4 is 19.7 Å². The van der Waals surface area contributed by atoms with Crippen molar-refractivity contribution in [2.24, 2.45) is 0 Å². The van der Waals surface area contributed by atoms with Gasteiger partial charge >= 0.3 is 6.61 Å². The second kappa shape index (κ2) is 8.98. The van der Waals surface area contributed by atoms with Crippen LogP contribution in [0.5, 0.6) is 11.5 Å². The molecule has 0 saturated carbocycles. The topological polar surface area (TPSA) is 63.7 Å². The van der Waals surface area contributed by atoms with Crippen LogP contribution in [0.3, 0.4) is 0 Å². The van der Waals surface area contributed by atoms with E-state index in [1.165, 1.54) is 31.5 Å². The number of nitrogens with zero attached hydrogens (tertiary/aromatic N) is 2. The van der Waals surface area contributed by atoms with Crippen molar-refractivity contribution >= 4 is 17.4 Å². The molecule has 1 N–H and O–H groups in total. The lowest BCUT2D eigenvalue weighted by molar-refractivity contribution is -0.0515. The lowest BCUT2D eigenvalue weighted by atomic mass is 10.1. The predicted octanol–water partition coefficient (Wildman–Crippen LogP) is 3.79. The van der Waals surface area contributed by atoms with Gasteiger partial charge in [0.15, 0.2) is 11.5 Å². The molecule has 0 fully saturated rings. The van der Waals surface area contributed by atoms with Gasteiger partial charge in [-0.05, 0) is 38.1 Å². The third kappa shape index (κ3) is 4.59. The van der Waals surface area contributed by atoms with Crippen LogP contribution in [0.2, 0.25) is 0 Å². The summed E-state index contributed by atoms with van der Waals surface area (Å²) >= 11 is 0. The number of halogens is 2. The number of anilines is 2. The van der Waals surface area contributed by atoms with Gasteiger partial charge in [0.1, 0.15) is 5.82 Å². The summed E-state index contributed by atoms with van der Waals surface area (Å²) in [5, 5.41) is 2.62. The molecule has 0 aliphatic heterocycles. The van der Waals surface area contributed by atoms with Gasteiger partial charge in [0.05, 0.1) is 24.6 Å². The first-order chi connectivity index (χ1) is 12.5. The van der Waals surface area contributed by atoms with Crippen LogP contribution in [0.25, 0.3) is 0 Å². The van der Waals surface area contributed by atoms with Crippen molar-refractivity contribution in [2.45, 2.75) is 20.5 Å². The molecule has 0 saturated heterocycles. The molecule has 26 heavy (non-hydrogen) atoms. The Bertz CT molecular complexity index is 735. The van der Waals surface area contributed by atoms with Gasteiger partial charge in [0.25, 0.3) is 5.91 Å². The number of rotatable bonds is 8. The summed E-state index contributed by atoms with van der Waals surface area (Å²) in [6, 6.07) is 7.83. The van der Waals surface area contributed by atoms with E-state index in [0.717, 1.165) is 18.9 Å². The summed E-state index contributed by atoms with van der Waals surface area (Å²) in [4.78, 5) is 18.9. The highest BCUT2D eigenvalue weighted by molar-refractivity contribution is 6.06. The highest BCUT2D eigenvalue weighted by Gasteiger charge is 2.20. The molecule has 2 rings (SSSR count). The van der Waals surface area contributed by atoms with Crippen molar-refractivity contribution in [1.82, 2.24) is 4.98 Å². The molecule has 8 heteroatoms. The van der Waals surface area contributed by atoms with Crippen molar-refractivity contribution in [1.29, 1.82) is 0 Å². The fourth-order valence-corrected chi connectivity index (χ4v) is 2.46. The Morgan fingerprint density at radius 3 is 2.50 bits per heavy atom. The number of para-hydroxylation sites is 1. The van der Waals surface area contributed by atoms with Crippen LogP contribution in [0.15, 0.2) is 36.5 Å². The zero-order valence-electron chi connectivity index (χ0n) is 14.8. The number of hydrogen-bond acceptors (Lipinski definition) is 5. The largest absolute Gasteiger partial charge is 0.493 e. The second-order valence-corrected chi connectivity index (χ2v) is 5.25. The maximum atomic E-state index is 12.7. The zero-order valence-corrected chi connectivity index (χ0v) is 14.8. The maximum absolute atomic E-state index is 12.7. The molecule has 0 aliphatic rings. The van der Waals surface area contributed by atoms with Crippen LogP contribution in [0.1, 0.15) is 24.2 Å². The summed E-state index contributed by atoms with van der Waals surface area (Å²) in [6.45, 7) is 2.59. The van der Waals surface area contributed by atoms with Gasteiger partial charge in [-0.2, -0.15) is 8.78 Å². The van der Waals surface area contributed by atoms with E-state index in [2.05, 4.69) is 19.9 Å². The first-order valence-electron chi connectivity index (χ1n) is 8.14. The van der Waals surface area contributed by atoms with E-state index < -0.39 is 12.5 Å². The van der Waals surface area contributed by atoms with Crippen LogP contribution in [0.4, 0.5) is 20.3 Å². The number of carbonyl (C=O) groups is 1. The number of aromatic nitrogens is 1. The summed E-state index contributed by atoms with van der Waals surface area (Å²) in [7, 11) is 1.31. The first kappa shape index (κ1) is 19.4. The Morgan fingerprint density at radius 2 is 1.96 bits per heavy atom. The van der Waals surface area contributed by atoms with Crippen molar-refractivity contribution in [3.05, 3.63) is 42.1 Å². The standard InChI is InChI=1S/C18H21F2N3O3/c1-4-23(5-2)15-10-9-12(11-21-15)22-17(24)13-7-6-8-14(25-3)16(13)26-18(19)20/h6-11,18H,4-5H2,1-3H3,(H,22,24). The maximum Gasteiger partial charge on any atom is 0.387 e. The Labute approximate surface area is 150 Å². The minimum Gasteiger partial charge on any atom is -0.493 e. The molecule has 0 spiro atoms. The highest BCUT2D eigenvalue weighted by atomic mass is 19.3. The van der Waals surface area contributed by atoms with Gasteiger partial charge in [0.2, 0.25) is 0 Å². The molecule has 6 nitrogen and oxygen atoms in total. The van der Waals surface area contributed by atoms with E-state index in [0.29, 0.717) is 5.69 Å². The van der Waals surface area contributed by atoms with Crippen molar-refractivity contribution < 1.29 is 23.0 Å². The number of carbonyl (C=O) groups excluding carboxylic acids is 1. The molecule has 2 aromatic rings. The molecule has 140 valence electrons. The van der Waals surface area contributed by atoms with E-state index in [9.17, 15) is 13.6 Å². The Kier molecular flexibility index (Phi) is 6.71. The summed E-state index contributed by atoms with van der Waals surface area (Å²) in [5.41, 5.74) is 0.384. The SMILES string of the molecule is CCN(CC)c1ccc(NC(=O)c2cccc(OC)c2OC(F)F)cn1. The quantitative estimate of drug-likeness (QED) is 0.771. The molecule has 0 atom stereocenters. The number of hydrogen-bond donors (Lipinski definition) is 1. The highest BCUT2D eigenvalue weighted by Crippen LogP contribution is 2.33. The van der Waals surface area contributed by atoms with Gasteiger partial charge in [-0.15, -0.1) is 0 Å². The number of benzene rings is 1. The zero-order chi connectivity index (χ0) is 19.1. The Hall–Kier alpha value is -2.90. The van der Waals surface area contributed by atoms with Gasteiger partial charge in [0, 0.05) is 13.1 Å². The van der Waals surface area contributed by atoms with E-state index in [1.54, 1.807) is 12.1 Å². The van der Waals surface area contributed by atoms with E-state index >= 15 is 0 Å². The number of ether oxygens (including phenoxy) is 2. The average Bonchev–Trinajstić information content (AvgIpc) is 2.63. The molecule has 1 amide bonds. The van der Waals surface area contributed by atoms with Crippen molar-refractivity contribution in [3.63, 3.8) is 0 Å². The molecule has 0 radical (unpaired) electrons. The van der Waals surface area contributed by atoms with Crippen LogP contribution in [-0.2, 0) is 0 Å². The molecule has 0 unspecified atom stereocenters. The first-order valence-corrected chi connectivity index (χ1v) is 8.14. The van der Waals surface area contributed by atoms with E-state index in [-0.39, 0.29) is 17.1 Å². The normalized spacial score (nSPS) is 10.5. The third-order valence-corrected chi connectivity index (χ3v) is 3.74. The van der Waals surface area contributed by atoms with Gasteiger partial charge in [-0.3, -0.25) is 4.79 Å². The second-order valence-electron chi connectivity index (χ2n) is 5.25. The lowest BCUT2D eigenvalue weighted by Crippen LogP contribution is -2.23. The predicted molar refractivity (Wildman–Crippen MR) is 95.4 cm³/mol.